The highest BCUT2D eigenvalue weighted by molar-refractivity contribution is 5.68. The molecule has 1 atom stereocenters. The van der Waals surface area contributed by atoms with E-state index < -0.39 is 17.7 Å². The number of hydrogen-bond donors (Lipinski definition) is 2. The Bertz CT molecular complexity index is 224. The molecule has 0 saturated carbocycles. The van der Waals surface area contributed by atoms with E-state index in [1.165, 1.54) is 4.90 Å². The summed E-state index contributed by atoms with van der Waals surface area (Å²) in [7, 11) is 0. The molecule has 0 fully saturated rings. The second-order valence-corrected chi connectivity index (χ2v) is 5.17. The summed E-state index contributed by atoms with van der Waals surface area (Å²) >= 11 is 0. The Labute approximate surface area is 97.6 Å². The summed E-state index contributed by atoms with van der Waals surface area (Å²) in [6.07, 6.45) is -0.397. The first kappa shape index (κ1) is 15.2. The largest absolute Gasteiger partial charge is 0.444 e. The van der Waals surface area contributed by atoms with Crippen molar-refractivity contribution >= 4 is 6.09 Å². The van der Waals surface area contributed by atoms with Crippen LogP contribution in [0.2, 0.25) is 0 Å². The predicted octanol–water partition coefficient (Wildman–Crippen LogP) is 0.952. The summed E-state index contributed by atoms with van der Waals surface area (Å²) in [6.45, 7) is 9.36. The molecule has 0 heterocycles. The van der Waals surface area contributed by atoms with Crippen LogP contribution in [0.15, 0.2) is 0 Å². The normalized spacial score (nSPS) is 13.8. The molecule has 0 radical (unpaired) electrons. The van der Waals surface area contributed by atoms with E-state index >= 15 is 0 Å². The monoisotopic (exact) mass is 232 g/mol. The molecule has 1 amide bonds. The number of nitrogens with zero attached hydrogens (tertiary/aromatic N) is 1. The Kier molecular flexibility index (Phi) is 5.75. The fraction of sp³-hybridized carbons (Fsp3) is 0.909. The van der Waals surface area contributed by atoms with Crippen molar-refractivity contribution in [3.8, 4) is 0 Å². The first-order valence-electron chi connectivity index (χ1n) is 5.53. The van der Waals surface area contributed by atoms with Gasteiger partial charge in [0.25, 0.3) is 0 Å². The third kappa shape index (κ3) is 5.92. The highest BCUT2D eigenvalue weighted by Crippen LogP contribution is 2.12. The smallest absolute Gasteiger partial charge is 0.410 e. The van der Waals surface area contributed by atoms with Crippen molar-refractivity contribution in [1.82, 2.24) is 4.90 Å². The average Bonchev–Trinajstić information content (AvgIpc) is 2.09. The highest BCUT2D eigenvalue weighted by atomic mass is 16.6. The zero-order chi connectivity index (χ0) is 12.9. The maximum Gasteiger partial charge on any atom is 0.410 e. The first-order chi connectivity index (χ1) is 7.17. The van der Waals surface area contributed by atoms with E-state index in [0.717, 1.165) is 0 Å². The van der Waals surface area contributed by atoms with Gasteiger partial charge in [-0.05, 0) is 34.6 Å². The van der Waals surface area contributed by atoms with Crippen LogP contribution in [0.5, 0.6) is 0 Å². The van der Waals surface area contributed by atoms with E-state index in [4.69, 9.17) is 15.6 Å². The van der Waals surface area contributed by atoms with Crippen molar-refractivity contribution in [2.45, 2.75) is 52.3 Å². The van der Waals surface area contributed by atoms with Crippen LogP contribution < -0.4 is 5.73 Å². The predicted molar refractivity (Wildman–Crippen MR) is 63.1 cm³/mol. The zero-order valence-electron chi connectivity index (χ0n) is 10.9. The summed E-state index contributed by atoms with van der Waals surface area (Å²) < 4.78 is 5.26. The lowest BCUT2D eigenvalue weighted by molar-refractivity contribution is 0.0166. The molecule has 96 valence electrons. The number of aliphatic hydroxyl groups is 1. The maximum atomic E-state index is 11.8. The third-order valence-corrected chi connectivity index (χ3v) is 1.92. The Morgan fingerprint density at radius 3 is 2.25 bits per heavy atom. The lowest BCUT2D eigenvalue weighted by Crippen LogP contribution is -2.48. The molecule has 0 rings (SSSR count). The van der Waals surface area contributed by atoms with E-state index in [9.17, 15) is 4.79 Å². The lowest BCUT2D eigenvalue weighted by atomic mass is 10.2. The Morgan fingerprint density at radius 1 is 1.44 bits per heavy atom. The average molecular weight is 232 g/mol. The molecule has 0 spiro atoms. The summed E-state index contributed by atoms with van der Waals surface area (Å²) in [6, 6.07) is -0.442. The van der Waals surface area contributed by atoms with Crippen molar-refractivity contribution in [3.05, 3.63) is 0 Å². The molecule has 5 heteroatoms. The number of rotatable bonds is 4. The number of carbonyl (C=O) groups is 1. The fourth-order valence-electron chi connectivity index (χ4n) is 1.13. The minimum atomic E-state index is -0.520. The van der Waals surface area contributed by atoms with Crippen LogP contribution in [-0.2, 0) is 4.74 Å². The molecule has 5 nitrogen and oxygen atoms in total. The van der Waals surface area contributed by atoms with Crippen molar-refractivity contribution in [1.29, 1.82) is 0 Å². The second-order valence-electron chi connectivity index (χ2n) is 5.17. The summed E-state index contributed by atoms with van der Waals surface area (Å²) in [5, 5.41) is 8.88. The van der Waals surface area contributed by atoms with Crippen LogP contribution in [0.1, 0.15) is 34.6 Å². The number of aliphatic hydroxyl groups excluding tert-OH is 1. The van der Waals surface area contributed by atoms with Crippen LogP contribution in [0.3, 0.4) is 0 Å². The number of amides is 1. The molecule has 3 N–H and O–H groups in total. The van der Waals surface area contributed by atoms with Gasteiger partial charge in [-0.15, -0.1) is 0 Å². The van der Waals surface area contributed by atoms with Gasteiger partial charge in [0.2, 0.25) is 0 Å². The van der Waals surface area contributed by atoms with E-state index in [2.05, 4.69) is 0 Å². The SMILES string of the molecule is CC(C)N(CC(N)CO)C(=O)OC(C)(C)C. The van der Waals surface area contributed by atoms with Crippen LogP contribution in [-0.4, -0.2) is 46.9 Å². The molecule has 16 heavy (non-hydrogen) atoms. The number of carbonyl (C=O) groups excluding carboxylic acids is 1. The number of hydrogen-bond acceptors (Lipinski definition) is 4. The van der Waals surface area contributed by atoms with Crippen LogP contribution in [0.25, 0.3) is 0 Å². The van der Waals surface area contributed by atoms with E-state index in [1.54, 1.807) is 0 Å². The quantitative estimate of drug-likeness (QED) is 0.756. The van der Waals surface area contributed by atoms with Gasteiger partial charge in [-0.25, -0.2) is 4.79 Å². The van der Waals surface area contributed by atoms with Crippen LogP contribution in [0, 0.1) is 0 Å². The van der Waals surface area contributed by atoms with Crippen molar-refractivity contribution in [2.75, 3.05) is 13.2 Å². The van der Waals surface area contributed by atoms with Gasteiger partial charge in [0.15, 0.2) is 0 Å². The lowest BCUT2D eigenvalue weighted by Gasteiger charge is -2.31. The first-order valence-corrected chi connectivity index (χ1v) is 5.53. The minimum Gasteiger partial charge on any atom is -0.444 e. The molecule has 0 aromatic heterocycles. The van der Waals surface area contributed by atoms with Gasteiger partial charge in [0.1, 0.15) is 5.60 Å². The molecular formula is C11H24N2O3. The summed E-state index contributed by atoms with van der Waals surface area (Å²) in [5.41, 5.74) is 5.09. The molecule has 0 aliphatic rings. The molecular weight excluding hydrogens is 208 g/mol. The molecule has 0 aromatic carbocycles. The zero-order valence-corrected chi connectivity index (χ0v) is 10.9. The maximum absolute atomic E-state index is 11.8. The van der Waals surface area contributed by atoms with E-state index in [1.807, 2.05) is 34.6 Å². The molecule has 0 aliphatic carbocycles. The van der Waals surface area contributed by atoms with Gasteiger partial charge in [0, 0.05) is 18.6 Å². The summed E-state index contributed by atoms with van der Waals surface area (Å²) in [5.74, 6) is 0. The molecule has 0 aliphatic heterocycles. The molecule has 0 aromatic rings. The summed E-state index contributed by atoms with van der Waals surface area (Å²) in [4.78, 5) is 13.3. The van der Waals surface area contributed by atoms with E-state index in [0.29, 0.717) is 6.54 Å². The van der Waals surface area contributed by atoms with Gasteiger partial charge in [-0.2, -0.15) is 0 Å². The van der Waals surface area contributed by atoms with Crippen molar-refractivity contribution < 1.29 is 14.6 Å². The molecule has 0 bridgehead atoms. The van der Waals surface area contributed by atoms with Gasteiger partial charge >= 0.3 is 6.09 Å². The van der Waals surface area contributed by atoms with Gasteiger partial charge in [0.05, 0.1) is 6.61 Å². The molecule has 1 unspecified atom stereocenters. The van der Waals surface area contributed by atoms with Crippen molar-refractivity contribution in [2.24, 2.45) is 5.73 Å². The molecule has 0 saturated heterocycles. The minimum absolute atomic E-state index is 0.00699. The van der Waals surface area contributed by atoms with Gasteiger partial charge in [-0.3, -0.25) is 0 Å². The number of ether oxygens (including phenoxy) is 1. The Balaban J connectivity index is 4.48. The topological polar surface area (TPSA) is 75.8 Å². The van der Waals surface area contributed by atoms with Gasteiger partial charge in [-0.1, -0.05) is 0 Å². The Morgan fingerprint density at radius 2 is 1.94 bits per heavy atom. The van der Waals surface area contributed by atoms with E-state index in [-0.39, 0.29) is 12.6 Å². The Hall–Kier alpha value is -0.810. The van der Waals surface area contributed by atoms with Crippen molar-refractivity contribution in [3.63, 3.8) is 0 Å². The number of nitrogens with two attached hydrogens (primary N) is 1. The standard InChI is InChI=1S/C11H24N2O3/c1-8(2)13(6-9(12)7-14)10(15)16-11(3,4)5/h8-9,14H,6-7,12H2,1-5H3. The van der Waals surface area contributed by atoms with Crippen LogP contribution >= 0.6 is 0 Å². The van der Waals surface area contributed by atoms with Gasteiger partial charge < -0.3 is 20.5 Å². The second kappa shape index (κ2) is 6.06. The highest BCUT2D eigenvalue weighted by Gasteiger charge is 2.25. The van der Waals surface area contributed by atoms with Crippen LogP contribution in [0.4, 0.5) is 4.79 Å². The third-order valence-electron chi connectivity index (χ3n) is 1.92. The fourth-order valence-corrected chi connectivity index (χ4v) is 1.13.